The predicted molar refractivity (Wildman–Crippen MR) is 75.5 cm³/mol. The van der Waals surface area contributed by atoms with E-state index >= 15 is 0 Å². The Kier molecular flexibility index (Phi) is 5.16. The van der Waals surface area contributed by atoms with Crippen LogP contribution in [0.2, 0.25) is 0 Å². The van der Waals surface area contributed by atoms with Crippen molar-refractivity contribution in [3.05, 3.63) is 34.4 Å². The van der Waals surface area contributed by atoms with E-state index in [1.165, 1.54) is 22.3 Å². The molecule has 0 bridgehead atoms. The molecule has 0 radical (unpaired) electrons. The molecular weight excluding hydrogens is 208 g/mol. The molecule has 1 aromatic rings. The second-order valence-electron chi connectivity index (χ2n) is 5.37. The maximum absolute atomic E-state index is 5.80. The highest BCUT2D eigenvalue weighted by atomic mass is 15.1. The third-order valence-corrected chi connectivity index (χ3v) is 3.18. The summed E-state index contributed by atoms with van der Waals surface area (Å²) in [5.41, 5.74) is 11.5. The number of benzene rings is 1. The molecule has 0 aliphatic rings. The fraction of sp³-hybridized carbons (Fsp3) is 0.600. The van der Waals surface area contributed by atoms with Gasteiger partial charge in [-0.2, -0.15) is 0 Å². The first-order valence-electron chi connectivity index (χ1n) is 6.41. The number of aryl methyl sites for hydroxylation is 3. The Balaban J connectivity index is 2.63. The highest BCUT2D eigenvalue weighted by Gasteiger charge is 2.06. The third kappa shape index (κ3) is 4.49. The summed E-state index contributed by atoms with van der Waals surface area (Å²) in [4.78, 5) is 2.31. The Hall–Kier alpha value is -0.860. The van der Waals surface area contributed by atoms with E-state index in [2.05, 4.69) is 51.8 Å². The van der Waals surface area contributed by atoms with Gasteiger partial charge in [-0.1, -0.05) is 17.7 Å². The van der Waals surface area contributed by atoms with Crippen molar-refractivity contribution in [3.8, 4) is 0 Å². The summed E-state index contributed by atoms with van der Waals surface area (Å²) in [7, 11) is 2.14. The zero-order valence-corrected chi connectivity index (χ0v) is 11.9. The molecule has 0 aliphatic carbocycles. The molecule has 2 heteroatoms. The summed E-state index contributed by atoms with van der Waals surface area (Å²) in [6.07, 6.45) is 1.11. The smallest absolute Gasteiger partial charge is 0.0139 e. The molecule has 1 aromatic carbocycles. The van der Waals surface area contributed by atoms with Gasteiger partial charge in [0, 0.05) is 19.1 Å². The largest absolute Gasteiger partial charge is 0.327 e. The van der Waals surface area contributed by atoms with Gasteiger partial charge < -0.3 is 10.6 Å². The molecule has 0 saturated carbocycles. The minimum absolute atomic E-state index is 0.250. The molecule has 17 heavy (non-hydrogen) atoms. The quantitative estimate of drug-likeness (QED) is 0.848. The van der Waals surface area contributed by atoms with Crippen LogP contribution in [-0.4, -0.2) is 31.1 Å². The van der Waals surface area contributed by atoms with Crippen LogP contribution in [0.15, 0.2) is 12.1 Å². The number of hydrogen-bond donors (Lipinski definition) is 1. The average Bonchev–Trinajstić information content (AvgIpc) is 2.14. The Morgan fingerprint density at radius 2 is 1.71 bits per heavy atom. The van der Waals surface area contributed by atoms with Crippen molar-refractivity contribution in [3.63, 3.8) is 0 Å². The Morgan fingerprint density at radius 3 is 2.18 bits per heavy atom. The van der Waals surface area contributed by atoms with Crippen molar-refractivity contribution in [2.45, 2.75) is 40.2 Å². The Labute approximate surface area is 106 Å². The van der Waals surface area contributed by atoms with Gasteiger partial charge in [-0.25, -0.2) is 0 Å². The van der Waals surface area contributed by atoms with E-state index in [1.807, 2.05) is 0 Å². The van der Waals surface area contributed by atoms with Crippen molar-refractivity contribution in [1.29, 1.82) is 0 Å². The monoisotopic (exact) mass is 234 g/mol. The number of hydrogen-bond acceptors (Lipinski definition) is 2. The molecule has 0 fully saturated rings. The van der Waals surface area contributed by atoms with Crippen molar-refractivity contribution >= 4 is 0 Å². The summed E-state index contributed by atoms with van der Waals surface area (Å²) >= 11 is 0. The fourth-order valence-corrected chi connectivity index (χ4v) is 2.49. The highest BCUT2D eigenvalue weighted by Crippen LogP contribution is 2.17. The Bertz CT molecular complexity index is 346. The van der Waals surface area contributed by atoms with Crippen LogP contribution in [-0.2, 0) is 6.42 Å². The van der Waals surface area contributed by atoms with Gasteiger partial charge >= 0.3 is 0 Å². The standard InChI is InChI=1S/C15H26N2/c1-11-8-12(2)15(13(3)9-11)6-7-17(5)10-14(4)16/h8-9,14H,6-7,10,16H2,1-5H3. The normalized spacial score (nSPS) is 13.1. The predicted octanol–water partition coefficient (Wildman–Crippen LogP) is 2.43. The number of nitrogens with zero attached hydrogens (tertiary/aromatic N) is 1. The molecule has 0 heterocycles. The molecule has 1 rings (SSSR count). The van der Waals surface area contributed by atoms with Crippen LogP contribution in [0.25, 0.3) is 0 Å². The first-order valence-corrected chi connectivity index (χ1v) is 6.41. The maximum Gasteiger partial charge on any atom is 0.0139 e. The van der Waals surface area contributed by atoms with E-state index in [-0.39, 0.29) is 6.04 Å². The van der Waals surface area contributed by atoms with Gasteiger partial charge in [0.2, 0.25) is 0 Å². The van der Waals surface area contributed by atoms with Gasteiger partial charge in [-0.05, 0) is 57.9 Å². The second kappa shape index (κ2) is 6.18. The van der Waals surface area contributed by atoms with Gasteiger partial charge in [0.15, 0.2) is 0 Å². The van der Waals surface area contributed by atoms with Crippen molar-refractivity contribution in [2.24, 2.45) is 5.73 Å². The van der Waals surface area contributed by atoms with E-state index in [4.69, 9.17) is 5.73 Å². The minimum atomic E-state index is 0.250. The molecule has 2 N–H and O–H groups in total. The van der Waals surface area contributed by atoms with Crippen molar-refractivity contribution in [2.75, 3.05) is 20.1 Å². The molecule has 1 atom stereocenters. The summed E-state index contributed by atoms with van der Waals surface area (Å²) in [6, 6.07) is 4.79. The van der Waals surface area contributed by atoms with Crippen LogP contribution in [0.1, 0.15) is 29.2 Å². The summed E-state index contributed by atoms with van der Waals surface area (Å²) < 4.78 is 0. The van der Waals surface area contributed by atoms with Gasteiger partial charge in [0.1, 0.15) is 0 Å². The van der Waals surface area contributed by atoms with E-state index in [0.29, 0.717) is 0 Å². The van der Waals surface area contributed by atoms with Crippen LogP contribution in [0.4, 0.5) is 0 Å². The lowest BCUT2D eigenvalue weighted by Crippen LogP contribution is -2.34. The molecule has 1 unspecified atom stereocenters. The van der Waals surface area contributed by atoms with Gasteiger partial charge in [-0.3, -0.25) is 0 Å². The molecule has 96 valence electrons. The van der Waals surface area contributed by atoms with Crippen molar-refractivity contribution < 1.29 is 0 Å². The van der Waals surface area contributed by atoms with Gasteiger partial charge in [0.25, 0.3) is 0 Å². The number of likely N-dealkylation sites (N-methyl/N-ethyl adjacent to an activating group) is 1. The number of nitrogens with two attached hydrogens (primary N) is 1. The molecule has 0 saturated heterocycles. The molecule has 0 aliphatic heterocycles. The number of rotatable bonds is 5. The van der Waals surface area contributed by atoms with Crippen LogP contribution in [0.3, 0.4) is 0 Å². The zero-order valence-electron chi connectivity index (χ0n) is 11.9. The lowest BCUT2D eigenvalue weighted by Gasteiger charge is -2.20. The minimum Gasteiger partial charge on any atom is -0.327 e. The molecular formula is C15H26N2. The lowest BCUT2D eigenvalue weighted by molar-refractivity contribution is 0.321. The molecule has 0 aromatic heterocycles. The molecule has 0 spiro atoms. The summed E-state index contributed by atoms with van der Waals surface area (Å²) in [5.74, 6) is 0. The first kappa shape index (κ1) is 14.2. The van der Waals surface area contributed by atoms with Gasteiger partial charge in [-0.15, -0.1) is 0 Å². The van der Waals surface area contributed by atoms with E-state index in [1.54, 1.807) is 0 Å². The molecule has 2 nitrogen and oxygen atoms in total. The fourth-order valence-electron chi connectivity index (χ4n) is 2.49. The third-order valence-electron chi connectivity index (χ3n) is 3.18. The average molecular weight is 234 g/mol. The first-order chi connectivity index (χ1) is 7.90. The zero-order chi connectivity index (χ0) is 13.0. The Morgan fingerprint density at radius 1 is 1.18 bits per heavy atom. The van der Waals surface area contributed by atoms with Crippen molar-refractivity contribution in [1.82, 2.24) is 4.90 Å². The van der Waals surface area contributed by atoms with E-state index < -0.39 is 0 Å². The van der Waals surface area contributed by atoms with Crippen LogP contribution < -0.4 is 5.73 Å². The maximum atomic E-state index is 5.80. The second-order valence-corrected chi connectivity index (χ2v) is 5.37. The van der Waals surface area contributed by atoms with E-state index in [0.717, 1.165) is 19.5 Å². The summed E-state index contributed by atoms with van der Waals surface area (Å²) in [5, 5.41) is 0. The van der Waals surface area contributed by atoms with Gasteiger partial charge in [0.05, 0.1) is 0 Å². The SMILES string of the molecule is Cc1cc(C)c(CCN(C)CC(C)N)c(C)c1. The van der Waals surface area contributed by atoms with E-state index in [9.17, 15) is 0 Å². The van der Waals surface area contributed by atoms with Crippen LogP contribution >= 0.6 is 0 Å². The molecule has 0 amide bonds. The highest BCUT2D eigenvalue weighted by molar-refractivity contribution is 5.37. The van der Waals surface area contributed by atoms with Crippen LogP contribution in [0.5, 0.6) is 0 Å². The topological polar surface area (TPSA) is 29.3 Å². The lowest BCUT2D eigenvalue weighted by atomic mass is 9.97. The van der Waals surface area contributed by atoms with Crippen LogP contribution in [0, 0.1) is 20.8 Å². The summed E-state index contributed by atoms with van der Waals surface area (Å²) in [6.45, 7) is 10.7.